The van der Waals surface area contributed by atoms with Crippen molar-refractivity contribution in [2.45, 2.75) is 18.9 Å². The first-order valence-electron chi connectivity index (χ1n) is 7.08. The SMILES string of the molecule is N#Cc1ccc(-c2nc(C(N)CN3CCCC3)no2)cc1. The van der Waals surface area contributed by atoms with Crippen molar-refractivity contribution in [2.75, 3.05) is 19.6 Å². The maximum absolute atomic E-state index is 8.79. The van der Waals surface area contributed by atoms with Crippen molar-refractivity contribution in [3.05, 3.63) is 35.7 Å². The van der Waals surface area contributed by atoms with E-state index < -0.39 is 0 Å². The van der Waals surface area contributed by atoms with E-state index in [4.69, 9.17) is 15.5 Å². The second-order valence-corrected chi connectivity index (χ2v) is 5.26. The molecule has 1 aromatic heterocycles. The van der Waals surface area contributed by atoms with Gasteiger partial charge in [-0.2, -0.15) is 10.2 Å². The third kappa shape index (κ3) is 3.10. The highest BCUT2D eigenvalue weighted by molar-refractivity contribution is 5.54. The van der Waals surface area contributed by atoms with Crippen molar-refractivity contribution in [1.29, 1.82) is 5.26 Å². The molecule has 108 valence electrons. The van der Waals surface area contributed by atoms with Crippen LogP contribution in [0.3, 0.4) is 0 Å². The van der Waals surface area contributed by atoms with E-state index in [2.05, 4.69) is 21.1 Å². The van der Waals surface area contributed by atoms with Gasteiger partial charge in [-0.05, 0) is 50.2 Å². The minimum atomic E-state index is -0.237. The van der Waals surface area contributed by atoms with Crippen molar-refractivity contribution < 1.29 is 4.52 Å². The maximum atomic E-state index is 8.79. The lowest BCUT2D eigenvalue weighted by atomic mass is 10.1. The van der Waals surface area contributed by atoms with E-state index in [9.17, 15) is 0 Å². The molecule has 1 fully saturated rings. The van der Waals surface area contributed by atoms with Crippen LogP contribution in [0, 0.1) is 11.3 Å². The molecular weight excluding hydrogens is 266 g/mol. The Labute approximate surface area is 123 Å². The summed E-state index contributed by atoms with van der Waals surface area (Å²) in [6.45, 7) is 2.94. The Morgan fingerprint density at radius 3 is 2.67 bits per heavy atom. The fourth-order valence-electron chi connectivity index (χ4n) is 2.52. The van der Waals surface area contributed by atoms with Crippen LogP contribution in [-0.4, -0.2) is 34.7 Å². The van der Waals surface area contributed by atoms with Crippen LogP contribution in [0.4, 0.5) is 0 Å². The molecule has 2 heterocycles. The number of rotatable bonds is 4. The molecular formula is C15H17N5O. The van der Waals surface area contributed by atoms with Crippen LogP contribution in [0.25, 0.3) is 11.5 Å². The quantitative estimate of drug-likeness (QED) is 0.918. The molecule has 21 heavy (non-hydrogen) atoms. The zero-order valence-electron chi connectivity index (χ0n) is 11.7. The lowest BCUT2D eigenvalue weighted by Gasteiger charge is -2.17. The van der Waals surface area contributed by atoms with Crippen molar-refractivity contribution >= 4 is 0 Å². The molecule has 2 N–H and O–H groups in total. The van der Waals surface area contributed by atoms with E-state index in [0.717, 1.165) is 25.2 Å². The molecule has 0 aliphatic carbocycles. The molecule has 6 nitrogen and oxygen atoms in total. The monoisotopic (exact) mass is 283 g/mol. The average molecular weight is 283 g/mol. The van der Waals surface area contributed by atoms with Gasteiger partial charge in [0.15, 0.2) is 5.82 Å². The fourth-order valence-corrected chi connectivity index (χ4v) is 2.52. The first-order chi connectivity index (χ1) is 10.3. The van der Waals surface area contributed by atoms with Gasteiger partial charge in [-0.25, -0.2) is 0 Å². The van der Waals surface area contributed by atoms with Crippen LogP contribution in [0.15, 0.2) is 28.8 Å². The van der Waals surface area contributed by atoms with Gasteiger partial charge in [-0.1, -0.05) is 5.16 Å². The Morgan fingerprint density at radius 1 is 1.29 bits per heavy atom. The molecule has 2 aromatic rings. The number of hydrogen-bond donors (Lipinski definition) is 1. The molecule has 1 saturated heterocycles. The molecule has 0 saturated carbocycles. The molecule has 1 aromatic carbocycles. The minimum absolute atomic E-state index is 0.237. The van der Waals surface area contributed by atoms with Gasteiger partial charge in [0.05, 0.1) is 17.7 Å². The number of hydrogen-bond acceptors (Lipinski definition) is 6. The van der Waals surface area contributed by atoms with Gasteiger partial charge >= 0.3 is 0 Å². The molecule has 0 radical (unpaired) electrons. The highest BCUT2D eigenvalue weighted by atomic mass is 16.5. The number of nitrogens with two attached hydrogens (primary N) is 1. The van der Waals surface area contributed by atoms with Crippen LogP contribution in [-0.2, 0) is 0 Å². The molecule has 1 aliphatic heterocycles. The Morgan fingerprint density at radius 2 is 2.00 bits per heavy atom. The average Bonchev–Trinajstić information content (AvgIpc) is 3.18. The lowest BCUT2D eigenvalue weighted by molar-refractivity contribution is 0.306. The van der Waals surface area contributed by atoms with E-state index in [1.807, 2.05) is 0 Å². The topological polar surface area (TPSA) is 92.0 Å². The summed E-state index contributed by atoms with van der Waals surface area (Å²) in [6, 6.07) is 8.88. The predicted octanol–water partition coefficient (Wildman–Crippen LogP) is 1.70. The van der Waals surface area contributed by atoms with Gasteiger partial charge in [0.25, 0.3) is 5.89 Å². The van der Waals surface area contributed by atoms with Gasteiger partial charge < -0.3 is 15.2 Å². The second-order valence-electron chi connectivity index (χ2n) is 5.26. The number of nitrogens with zero attached hydrogens (tertiary/aromatic N) is 4. The van der Waals surface area contributed by atoms with Gasteiger partial charge in [-0.15, -0.1) is 0 Å². The first-order valence-corrected chi connectivity index (χ1v) is 7.08. The largest absolute Gasteiger partial charge is 0.334 e. The lowest BCUT2D eigenvalue weighted by Crippen LogP contribution is -2.30. The van der Waals surface area contributed by atoms with Crippen LogP contribution < -0.4 is 5.73 Å². The van der Waals surface area contributed by atoms with Crippen molar-refractivity contribution in [3.63, 3.8) is 0 Å². The normalized spacial score (nSPS) is 16.8. The Kier molecular flexibility index (Phi) is 3.95. The summed E-state index contributed by atoms with van der Waals surface area (Å²) in [6.07, 6.45) is 2.46. The molecule has 0 amide bonds. The third-order valence-electron chi connectivity index (χ3n) is 3.69. The summed E-state index contributed by atoms with van der Waals surface area (Å²) in [7, 11) is 0. The summed E-state index contributed by atoms with van der Waals surface area (Å²) in [5.41, 5.74) is 7.54. The molecule has 1 unspecified atom stereocenters. The fraction of sp³-hybridized carbons (Fsp3) is 0.400. The van der Waals surface area contributed by atoms with Crippen molar-refractivity contribution in [1.82, 2.24) is 15.0 Å². The zero-order valence-corrected chi connectivity index (χ0v) is 11.7. The highest BCUT2D eigenvalue weighted by Gasteiger charge is 2.20. The Hall–Kier alpha value is -2.23. The van der Waals surface area contributed by atoms with E-state index in [1.54, 1.807) is 24.3 Å². The van der Waals surface area contributed by atoms with Crippen LogP contribution in [0.1, 0.15) is 30.3 Å². The van der Waals surface area contributed by atoms with E-state index in [0.29, 0.717) is 17.3 Å². The molecule has 0 spiro atoms. The molecule has 6 heteroatoms. The van der Waals surface area contributed by atoms with Crippen LogP contribution >= 0.6 is 0 Å². The number of aromatic nitrogens is 2. The van der Waals surface area contributed by atoms with E-state index in [-0.39, 0.29) is 6.04 Å². The highest BCUT2D eigenvalue weighted by Crippen LogP contribution is 2.20. The third-order valence-corrected chi connectivity index (χ3v) is 3.69. The van der Waals surface area contributed by atoms with Crippen LogP contribution in [0.2, 0.25) is 0 Å². The predicted molar refractivity (Wildman–Crippen MR) is 77.1 cm³/mol. The maximum Gasteiger partial charge on any atom is 0.257 e. The molecule has 1 aliphatic rings. The summed E-state index contributed by atoms with van der Waals surface area (Å²) in [4.78, 5) is 6.69. The van der Waals surface area contributed by atoms with Crippen molar-refractivity contribution in [2.24, 2.45) is 5.73 Å². The summed E-state index contributed by atoms with van der Waals surface area (Å²) in [5, 5.41) is 12.8. The van der Waals surface area contributed by atoms with Crippen molar-refractivity contribution in [3.8, 4) is 17.5 Å². The van der Waals surface area contributed by atoms with Gasteiger partial charge in [-0.3, -0.25) is 0 Å². The van der Waals surface area contributed by atoms with Gasteiger partial charge in [0.1, 0.15) is 0 Å². The Bertz CT molecular complexity index is 637. The van der Waals surface area contributed by atoms with Gasteiger partial charge in [0.2, 0.25) is 0 Å². The zero-order chi connectivity index (χ0) is 14.7. The number of likely N-dealkylation sites (tertiary alicyclic amines) is 1. The summed E-state index contributed by atoms with van der Waals surface area (Å²) >= 11 is 0. The van der Waals surface area contributed by atoms with E-state index in [1.165, 1.54) is 12.8 Å². The smallest absolute Gasteiger partial charge is 0.257 e. The minimum Gasteiger partial charge on any atom is -0.334 e. The standard InChI is InChI=1S/C15H17N5O/c16-9-11-3-5-12(6-4-11)15-18-14(19-21-15)13(17)10-20-7-1-2-8-20/h3-6,13H,1-2,7-8,10,17H2. The first kappa shape index (κ1) is 13.7. The Balaban J connectivity index is 1.71. The van der Waals surface area contributed by atoms with Crippen LogP contribution in [0.5, 0.6) is 0 Å². The number of nitriles is 1. The molecule has 1 atom stereocenters. The van der Waals surface area contributed by atoms with Gasteiger partial charge in [0, 0.05) is 12.1 Å². The molecule has 3 rings (SSSR count). The number of benzene rings is 1. The molecule has 0 bridgehead atoms. The summed E-state index contributed by atoms with van der Waals surface area (Å²) < 4.78 is 5.27. The van der Waals surface area contributed by atoms with E-state index >= 15 is 0 Å². The second kappa shape index (κ2) is 6.04. The summed E-state index contributed by atoms with van der Waals surface area (Å²) in [5.74, 6) is 0.965.